The van der Waals surface area contributed by atoms with Crippen LogP contribution in [0.2, 0.25) is 0 Å². The minimum Gasteiger partial charge on any atom is -0.487 e. The lowest BCUT2D eigenvalue weighted by Crippen LogP contribution is -2.42. The van der Waals surface area contributed by atoms with Crippen LogP contribution in [-0.2, 0) is 14.8 Å². The summed E-state index contributed by atoms with van der Waals surface area (Å²) in [4.78, 5) is 11.2. The molecule has 2 aromatic rings. The molecule has 0 aliphatic carbocycles. The molecule has 24 heavy (non-hydrogen) atoms. The van der Waals surface area contributed by atoms with Crippen molar-refractivity contribution >= 4 is 27.3 Å². The van der Waals surface area contributed by atoms with Crippen molar-refractivity contribution in [2.45, 2.75) is 24.8 Å². The van der Waals surface area contributed by atoms with Gasteiger partial charge in [-0.25, -0.2) is 8.42 Å². The molecule has 0 fully saturated rings. The van der Waals surface area contributed by atoms with Crippen LogP contribution in [0.15, 0.2) is 53.4 Å². The van der Waals surface area contributed by atoms with E-state index in [9.17, 15) is 13.2 Å². The number of hydrogen-bond donors (Lipinski definition) is 1. The molecule has 1 aliphatic rings. The summed E-state index contributed by atoms with van der Waals surface area (Å²) in [5, 5.41) is 2.62. The minimum absolute atomic E-state index is 0.167. The number of para-hydroxylation sites is 2. The largest absolute Gasteiger partial charge is 0.487 e. The first kappa shape index (κ1) is 16.3. The fourth-order valence-corrected chi connectivity index (χ4v) is 4.17. The van der Waals surface area contributed by atoms with Gasteiger partial charge in [0.2, 0.25) is 5.91 Å². The molecule has 1 heterocycles. The van der Waals surface area contributed by atoms with E-state index in [1.54, 1.807) is 30.3 Å². The Morgan fingerprint density at radius 3 is 2.50 bits per heavy atom. The molecule has 2 aromatic carbocycles. The van der Waals surface area contributed by atoms with Crippen LogP contribution >= 0.6 is 0 Å². The monoisotopic (exact) mass is 346 g/mol. The number of carbonyl (C=O) groups excluding carboxylic acids is 1. The zero-order valence-corrected chi connectivity index (χ0v) is 14.2. The Hall–Kier alpha value is -2.54. The Balaban J connectivity index is 1.97. The van der Waals surface area contributed by atoms with Crippen LogP contribution in [0.3, 0.4) is 0 Å². The molecule has 3 rings (SSSR count). The second kappa shape index (κ2) is 6.16. The van der Waals surface area contributed by atoms with Crippen molar-refractivity contribution in [3.63, 3.8) is 0 Å². The second-order valence-corrected chi connectivity index (χ2v) is 7.50. The normalized spacial score (nSPS) is 16.9. The standard InChI is InChI=1S/C17H18N2O4S/c1-12-11-19(16-5-3-4-6-17(16)23-12)24(21,22)15-9-7-14(8-10-15)18-13(2)20/h3-10,12H,11H2,1-2H3,(H,18,20)/t12-/m0/s1. The van der Waals surface area contributed by atoms with Crippen molar-refractivity contribution in [3.8, 4) is 5.75 Å². The van der Waals surface area contributed by atoms with Crippen molar-refractivity contribution in [3.05, 3.63) is 48.5 Å². The summed E-state index contributed by atoms with van der Waals surface area (Å²) in [5.74, 6) is 0.344. The molecule has 1 amide bonds. The van der Waals surface area contributed by atoms with E-state index in [2.05, 4.69) is 5.32 Å². The number of ether oxygens (including phenoxy) is 1. The average molecular weight is 346 g/mol. The van der Waals surface area contributed by atoms with Gasteiger partial charge in [0.05, 0.1) is 17.1 Å². The van der Waals surface area contributed by atoms with E-state index in [4.69, 9.17) is 4.74 Å². The summed E-state index contributed by atoms with van der Waals surface area (Å²) < 4.78 is 33.1. The van der Waals surface area contributed by atoms with Crippen molar-refractivity contribution in [1.29, 1.82) is 0 Å². The van der Waals surface area contributed by atoms with Gasteiger partial charge in [0.15, 0.2) is 0 Å². The number of anilines is 2. The van der Waals surface area contributed by atoms with Gasteiger partial charge in [-0.2, -0.15) is 0 Å². The summed E-state index contributed by atoms with van der Waals surface area (Å²) in [6, 6.07) is 13.2. The molecule has 0 saturated carbocycles. The fourth-order valence-electron chi connectivity index (χ4n) is 2.62. The number of amides is 1. The van der Waals surface area contributed by atoms with Gasteiger partial charge in [-0.3, -0.25) is 9.10 Å². The van der Waals surface area contributed by atoms with E-state index >= 15 is 0 Å². The van der Waals surface area contributed by atoms with E-state index in [1.807, 2.05) is 13.0 Å². The third-order valence-electron chi connectivity index (χ3n) is 3.65. The molecule has 0 aromatic heterocycles. The maximum atomic E-state index is 13.0. The molecule has 0 spiro atoms. The van der Waals surface area contributed by atoms with Gasteiger partial charge in [0, 0.05) is 12.6 Å². The zero-order valence-electron chi connectivity index (χ0n) is 13.4. The Kier molecular flexibility index (Phi) is 4.19. The summed E-state index contributed by atoms with van der Waals surface area (Å²) in [5.41, 5.74) is 1.08. The second-order valence-electron chi connectivity index (χ2n) is 5.64. The van der Waals surface area contributed by atoms with Crippen LogP contribution in [0.5, 0.6) is 5.75 Å². The van der Waals surface area contributed by atoms with E-state index in [1.165, 1.54) is 23.4 Å². The first-order valence-corrected chi connectivity index (χ1v) is 8.98. The number of benzene rings is 2. The van der Waals surface area contributed by atoms with Crippen LogP contribution in [0.4, 0.5) is 11.4 Å². The van der Waals surface area contributed by atoms with Crippen molar-refractivity contribution in [2.75, 3.05) is 16.2 Å². The molecule has 0 unspecified atom stereocenters. The summed E-state index contributed by atoms with van der Waals surface area (Å²) in [6.45, 7) is 3.47. The van der Waals surface area contributed by atoms with Crippen LogP contribution < -0.4 is 14.4 Å². The van der Waals surface area contributed by atoms with E-state index in [-0.39, 0.29) is 23.5 Å². The highest BCUT2D eigenvalue weighted by atomic mass is 32.2. The Morgan fingerprint density at radius 2 is 1.83 bits per heavy atom. The predicted octanol–water partition coefficient (Wildman–Crippen LogP) is 2.62. The van der Waals surface area contributed by atoms with Gasteiger partial charge >= 0.3 is 0 Å². The van der Waals surface area contributed by atoms with Gasteiger partial charge in [0.25, 0.3) is 10.0 Å². The summed E-state index contributed by atoms with van der Waals surface area (Å²) in [7, 11) is -3.71. The highest BCUT2D eigenvalue weighted by Gasteiger charge is 2.32. The van der Waals surface area contributed by atoms with Crippen LogP contribution in [0, 0.1) is 0 Å². The molecule has 6 nitrogen and oxygen atoms in total. The molecule has 1 N–H and O–H groups in total. The Bertz CT molecular complexity index is 862. The van der Waals surface area contributed by atoms with Crippen molar-refractivity contribution < 1.29 is 17.9 Å². The quantitative estimate of drug-likeness (QED) is 0.927. The van der Waals surface area contributed by atoms with E-state index in [0.717, 1.165) is 0 Å². The van der Waals surface area contributed by atoms with Crippen molar-refractivity contribution in [2.24, 2.45) is 0 Å². The highest BCUT2D eigenvalue weighted by molar-refractivity contribution is 7.92. The predicted molar refractivity (Wildman–Crippen MR) is 91.8 cm³/mol. The van der Waals surface area contributed by atoms with E-state index in [0.29, 0.717) is 17.1 Å². The van der Waals surface area contributed by atoms with Gasteiger partial charge in [0.1, 0.15) is 11.9 Å². The number of nitrogens with zero attached hydrogens (tertiary/aromatic N) is 1. The van der Waals surface area contributed by atoms with Crippen LogP contribution in [0.25, 0.3) is 0 Å². The Labute approximate surface area is 141 Å². The first-order valence-electron chi connectivity index (χ1n) is 7.54. The lowest BCUT2D eigenvalue weighted by atomic mass is 10.2. The number of nitrogens with one attached hydrogen (secondary N) is 1. The van der Waals surface area contributed by atoms with Crippen molar-refractivity contribution in [1.82, 2.24) is 0 Å². The molecule has 126 valence electrons. The van der Waals surface area contributed by atoms with E-state index < -0.39 is 10.0 Å². The SMILES string of the molecule is CC(=O)Nc1ccc(S(=O)(=O)N2C[C@H](C)Oc3ccccc32)cc1. The Morgan fingerprint density at radius 1 is 1.17 bits per heavy atom. The number of hydrogen-bond acceptors (Lipinski definition) is 4. The fraction of sp³-hybridized carbons (Fsp3) is 0.235. The summed E-state index contributed by atoms with van der Waals surface area (Å²) in [6.07, 6.45) is -0.242. The summed E-state index contributed by atoms with van der Waals surface area (Å²) >= 11 is 0. The minimum atomic E-state index is -3.71. The first-order chi connectivity index (χ1) is 11.4. The van der Waals surface area contributed by atoms with Gasteiger partial charge < -0.3 is 10.1 Å². The van der Waals surface area contributed by atoms with Gasteiger partial charge in [-0.1, -0.05) is 12.1 Å². The van der Waals surface area contributed by atoms with Gasteiger partial charge in [-0.05, 0) is 43.3 Å². The molecule has 0 saturated heterocycles. The average Bonchev–Trinajstić information content (AvgIpc) is 2.54. The lowest BCUT2D eigenvalue weighted by molar-refractivity contribution is -0.114. The molecule has 7 heteroatoms. The molecular formula is C17H18N2O4S. The number of carbonyl (C=O) groups is 1. The topological polar surface area (TPSA) is 75.7 Å². The molecule has 1 aliphatic heterocycles. The van der Waals surface area contributed by atoms with Gasteiger partial charge in [-0.15, -0.1) is 0 Å². The lowest BCUT2D eigenvalue weighted by Gasteiger charge is -2.34. The third kappa shape index (κ3) is 3.07. The molecular weight excluding hydrogens is 328 g/mol. The molecule has 0 bridgehead atoms. The maximum Gasteiger partial charge on any atom is 0.264 e. The number of rotatable bonds is 3. The third-order valence-corrected chi connectivity index (χ3v) is 5.44. The molecule has 1 atom stereocenters. The van der Waals surface area contributed by atoms with Crippen LogP contribution in [0.1, 0.15) is 13.8 Å². The molecule has 0 radical (unpaired) electrons. The zero-order chi connectivity index (χ0) is 17.3. The van der Waals surface area contributed by atoms with Crippen LogP contribution in [-0.4, -0.2) is 27.0 Å². The number of fused-ring (bicyclic) bond motifs is 1. The highest BCUT2D eigenvalue weighted by Crippen LogP contribution is 2.36. The number of sulfonamides is 1. The smallest absolute Gasteiger partial charge is 0.264 e. The maximum absolute atomic E-state index is 13.0.